The third-order valence-electron chi connectivity index (χ3n) is 4.54. The smallest absolute Gasteiger partial charge is 0.225 e. The Balaban J connectivity index is 1.53. The van der Waals surface area contributed by atoms with Crippen molar-refractivity contribution in [1.82, 2.24) is 4.90 Å². The van der Waals surface area contributed by atoms with E-state index in [1.54, 1.807) is 0 Å². The number of morpholine rings is 1. The minimum Gasteiger partial charge on any atom is -0.373 e. The highest BCUT2D eigenvalue weighted by Crippen LogP contribution is 2.42. The van der Waals surface area contributed by atoms with E-state index in [9.17, 15) is 9.18 Å². The van der Waals surface area contributed by atoms with Gasteiger partial charge in [-0.2, -0.15) is 0 Å². The van der Waals surface area contributed by atoms with E-state index >= 15 is 0 Å². The van der Waals surface area contributed by atoms with Crippen molar-refractivity contribution in [2.75, 3.05) is 26.2 Å². The van der Waals surface area contributed by atoms with Crippen molar-refractivity contribution < 1.29 is 13.9 Å². The monoisotopic (exact) mass is 292 g/mol. The fourth-order valence-corrected chi connectivity index (χ4v) is 3.15. The number of carbonyl (C=O) groups excluding carboxylic acids is 1. The number of hydrogen-bond donors (Lipinski definition) is 1. The average Bonchev–Trinajstić information content (AvgIpc) is 2.47. The molecule has 5 heteroatoms. The summed E-state index contributed by atoms with van der Waals surface area (Å²) in [5, 5.41) is 0. The highest BCUT2D eigenvalue weighted by atomic mass is 19.1. The van der Waals surface area contributed by atoms with E-state index in [0.717, 1.165) is 18.4 Å². The first kappa shape index (κ1) is 14.5. The molecule has 0 bridgehead atoms. The normalized spacial score (nSPS) is 29.0. The summed E-state index contributed by atoms with van der Waals surface area (Å²) >= 11 is 0. The fraction of sp³-hybridized carbons (Fsp3) is 0.562. The lowest BCUT2D eigenvalue weighted by Crippen LogP contribution is -2.51. The second-order valence-electron chi connectivity index (χ2n) is 5.93. The SMILES string of the molecule is NCC1CN(C(=O)C2CC(c3ccc(F)cc3)C2)CCO1. The third kappa shape index (κ3) is 3.09. The van der Waals surface area contributed by atoms with Crippen LogP contribution in [0.4, 0.5) is 4.39 Å². The summed E-state index contributed by atoms with van der Waals surface area (Å²) in [4.78, 5) is 14.3. The van der Waals surface area contributed by atoms with Crippen LogP contribution in [0.3, 0.4) is 0 Å². The van der Waals surface area contributed by atoms with E-state index in [1.165, 1.54) is 12.1 Å². The molecule has 1 atom stereocenters. The molecule has 21 heavy (non-hydrogen) atoms. The summed E-state index contributed by atoms with van der Waals surface area (Å²) < 4.78 is 18.4. The van der Waals surface area contributed by atoms with Crippen molar-refractivity contribution >= 4 is 5.91 Å². The Kier molecular flexibility index (Phi) is 4.22. The molecule has 1 saturated heterocycles. The van der Waals surface area contributed by atoms with E-state index < -0.39 is 0 Å². The van der Waals surface area contributed by atoms with Gasteiger partial charge < -0.3 is 15.4 Å². The quantitative estimate of drug-likeness (QED) is 0.918. The molecule has 3 rings (SSSR count). The van der Waals surface area contributed by atoms with Gasteiger partial charge in [-0.1, -0.05) is 12.1 Å². The maximum atomic E-state index is 12.9. The lowest BCUT2D eigenvalue weighted by Gasteiger charge is -2.40. The molecule has 0 radical (unpaired) electrons. The maximum absolute atomic E-state index is 12.9. The molecule has 1 aliphatic heterocycles. The Bertz CT molecular complexity index is 500. The van der Waals surface area contributed by atoms with Gasteiger partial charge in [0.1, 0.15) is 5.82 Å². The van der Waals surface area contributed by atoms with Crippen LogP contribution < -0.4 is 5.73 Å². The molecule has 1 heterocycles. The zero-order valence-corrected chi connectivity index (χ0v) is 12.0. The molecule has 1 aromatic carbocycles. The van der Waals surface area contributed by atoms with Crippen LogP contribution in [0, 0.1) is 11.7 Å². The van der Waals surface area contributed by atoms with Crippen molar-refractivity contribution in [3.8, 4) is 0 Å². The first-order valence-electron chi connectivity index (χ1n) is 7.53. The van der Waals surface area contributed by atoms with Gasteiger partial charge in [0.2, 0.25) is 5.91 Å². The van der Waals surface area contributed by atoms with Gasteiger partial charge in [0.05, 0.1) is 12.7 Å². The molecule has 2 aliphatic rings. The Labute approximate surface area is 124 Å². The van der Waals surface area contributed by atoms with Gasteiger partial charge in [0.15, 0.2) is 0 Å². The van der Waals surface area contributed by atoms with Gasteiger partial charge in [-0.05, 0) is 36.5 Å². The first-order chi connectivity index (χ1) is 10.2. The van der Waals surface area contributed by atoms with Crippen LogP contribution in [-0.4, -0.2) is 43.2 Å². The van der Waals surface area contributed by atoms with Gasteiger partial charge >= 0.3 is 0 Å². The lowest BCUT2D eigenvalue weighted by atomic mass is 9.71. The number of carbonyl (C=O) groups is 1. The molecule has 1 aromatic rings. The highest BCUT2D eigenvalue weighted by Gasteiger charge is 2.38. The van der Waals surface area contributed by atoms with Gasteiger partial charge in [-0.3, -0.25) is 4.79 Å². The topological polar surface area (TPSA) is 55.6 Å². The number of nitrogens with two attached hydrogens (primary N) is 1. The molecule has 0 aromatic heterocycles. The van der Waals surface area contributed by atoms with E-state index in [-0.39, 0.29) is 23.7 Å². The summed E-state index contributed by atoms with van der Waals surface area (Å²) in [5.74, 6) is 0.476. The molecule has 1 saturated carbocycles. The van der Waals surface area contributed by atoms with Crippen LogP contribution >= 0.6 is 0 Å². The van der Waals surface area contributed by atoms with Crippen LogP contribution in [0.15, 0.2) is 24.3 Å². The molecule has 4 nitrogen and oxygen atoms in total. The molecule has 114 valence electrons. The largest absolute Gasteiger partial charge is 0.373 e. The number of hydrogen-bond acceptors (Lipinski definition) is 3. The van der Waals surface area contributed by atoms with Crippen molar-refractivity contribution in [3.63, 3.8) is 0 Å². The van der Waals surface area contributed by atoms with Crippen molar-refractivity contribution in [3.05, 3.63) is 35.6 Å². The predicted octanol–water partition coefficient (Wildman–Crippen LogP) is 1.51. The lowest BCUT2D eigenvalue weighted by molar-refractivity contribution is -0.146. The first-order valence-corrected chi connectivity index (χ1v) is 7.53. The van der Waals surface area contributed by atoms with Crippen LogP contribution in [0.2, 0.25) is 0 Å². The zero-order chi connectivity index (χ0) is 14.8. The minimum atomic E-state index is -0.216. The molecule has 1 amide bonds. The summed E-state index contributed by atoms with van der Waals surface area (Å²) in [6.07, 6.45) is 1.68. The van der Waals surface area contributed by atoms with Gasteiger partial charge in [0.25, 0.3) is 0 Å². The van der Waals surface area contributed by atoms with Crippen LogP contribution in [0.1, 0.15) is 24.3 Å². The molecule has 0 spiro atoms. The van der Waals surface area contributed by atoms with Gasteiger partial charge in [0, 0.05) is 25.6 Å². The molecular weight excluding hydrogens is 271 g/mol. The van der Waals surface area contributed by atoms with Gasteiger partial charge in [-0.25, -0.2) is 4.39 Å². The molecule has 1 unspecified atom stereocenters. The van der Waals surface area contributed by atoms with Crippen LogP contribution in [0.25, 0.3) is 0 Å². The zero-order valence-electron chi connectivity index (χ0n) is 12.0. The van der Waals surface area contributed by atoms with Crippen molar-refractivity contribution in [2.45, 2.75) is 24.9 Å². The Morgan fingerprint density at radius 2 is 2.05 bits per heavy atom. The number of halogens is 1. The standard InChI is InChI=1S/C16H21FN2O2/c17-14-3-1-11(2-4-14)12-7-13(8-12)16(20)19-5-6-21-15(9-18)10-19/h1-4,12-13,15H,5-10,18H2. The van der Waals surface area contributed by atoms with E-state index in [2.05, 4.69) is 0 Å². The second kappa shape index (κ2) is 6.12. The van der Waals surface area contributed by atoms with Crippen LogP contribution in [-0.2, 0) is 9.53 Å². The van der Waals surface area contributed by atoms with Crippen LogP contribution in [0.5, 0.6) is 0 Å². The summed E-state index contributed by atoms with van der Waals surface area (Å²) in [6.45, 7) is 2.29. The fourth-order valence-electron chi connectivity index (χ4n) is 3.15. The number of benzene rings is 1. The number of amides is 1. The Morgan fingerprint density at radius 1 is 1.33 bits per heavy atom. The number of ether oxygens (including phenoxy) is 1. The summed E-state index contributed by atoms with van der Waals surface area (Å²) in [7, 11) is 0. The van der Waals surface area contributed by atoms with Crippen molar-refractivity contribution in [1.29, 1.82) is 0 Å². The Morgan fingerprint density at radius 3 is 2.71 bits per heavy atom. The summed E-state index contributed by atoms with van der Waals surface area (Å²) in [6, 6.07) is 6.61. The Hall–Kier alpha value is -1.46. The molecule has 1 aliphatic carbocycles. The third-order valence-corrected chi connectivity index (χ3v) is 4.54. The summed E-state index contributed by atoms with van der Waals surface area (Å²) in [5.41, 5.74) is 6.73. The highest BCUT2D eigenvalue weighted by molar-refractivity contribution is 5.80. The van der Waals surface area contributed by atoms with E-state index in [4.69, 9.17) is 10.5 Å². The molecular formula is C16H21FN2O2. The minimum absolute atomic E-state index is 0.0318. The second-order valence-corrected chi connectivity index (χ2v) is 5.93. The van der Waals surface area contributed by atoms with E-state index in [1.807, 2.05) is 17.0 Å². The van der Waals surface area contributed by atoms with Gasteiger partial charge in [-0.15, -0.1) is 0 Å². The predicted molar refractivity (Wildman–Crippen MR) is 77.2 cm³/mol. The number of rotatable bonds is 3. The van der Waals surface area contributed by atoms with E-state index in [0.29, 0.717) is 32.2 Å². The molecule has 2 fully saturated rings. The van der Waals surface area contributed by atoms with Crippen molar-refractivity contribution in [2.24, 2.45) is 11.7 Å². The maximum Gasteiger partial charge on any atom is 0.225 e. The average molecular weight is 292 g/mol. The molecule has 2 N–H and O–H groups in total. The number of nitrogens with zero attached hydrogens (tertiary/aromatic N) is 1.